The highest BCUT2D eigenvalue weighted by Crippen LogP contribution is 2.31. The van der Waals surface area contributed by atoms with Crippen LogP contribution in [0.15, 0.2) is 41.3 Å². The molecule has 0 aliphatic carbocycles. The number of halogens is 1. The molecule has 2 aromatic rings. The van der Waals surface area contributed by atoms with Crippen LogP contribution in [-0.4, -0.2) is 29.1 Å². The van der Waals surface area contributed by atoms with Crippen molar-refractivity contribution in [1.82, 2.24) is 0 Å². The average Bonchev–Trinajstić information content (AvgIpc) is 2.55. The van der Waals surface area contributed by atoms with E-state index in [-0.39, 0.29) is 16.3 Å². The molecule has 0 bridgehead atoms. The largest absolute Gasteiger partial charge is 0.280 e. The van der Waals surface area contributed by atoms with Crippen molar-refractivity contribution in [3.05, 3.63) is 53.3 Å². The third-order valence-corrected chi connectivity index (χ3v) is 8.00. The topological polar surface area (TPSA) is 83.6 Å². The predicted octanol–water partition coefficient (Wildman–Crippen LogP) is 3.17. The second-order valence-electron chi connectivity index (χ2n) is 6.62. The predicted molar refractivity (Wildman–Crippen MR) is 103 cm³/mol. The highest BCUT2D eigenvalue weighted by Gasteiger charge is 2.28. The summed E-state index contributed by atoms with van der Waals surface area (Å²) in [5, 5.41) is 0. The van der Waals surface area contributed by atoms with E-state index in [0.29, 0.717) is 29.8 Å². The third kappa shape index (κ3) is 4.08. The molecule has 0 radical (unpaired) electrons. The number of benzene rings is 2. The lowest BCUT2D eigenvalue weighted by Crippen LogP contribution is -2.38. The van der Waals surface area contributed by atoms with Crippen LogP contribution in [0.4, 0.5) is 15.8 Å². The molecule has 1 aliphatic heterocycles. The molecule has 0 saturated carbocycles. The quantitative estimate of drug-likeness (QED) is 0.836. The summed E-state index contributed by atoms with van der Waals surface area (Å²) in [6, 6.07) is 8.17. The highest BCUT2D eigenvalue weighted by atomic mass is 32.2. The van der Waals surface area contributed by atoms with Crippen molar-refractivity contribution in [2.75, 3.05) is 21.3 Å². The van der Waals surface area contributed by atoms with E-state index in [0.717, 1.165) is 6.42 Å². The summed E-state index contributed by atoms with van der Waals surface area (Å²) >= 11 is 0. The molecule has 0 unspecified atom stereocenters. The molecule has 9 heteroatoms. The zero-order chi connectivity index (χ0) is 19.8. The molecule has 0 aromatic heterocycles. The summed E-state index contributed by atoms with van der Waals surface area (Å²) in [4.78, 5) is 0.0879. The Labute approximate surface area is 159 Å². The lowest BCUT2D eigenvalue weighted by molar-refractivity contribution is 0.574. The van der Waals surface area contributed by atoms with E-state index in [4.69, 9.17) is 0 Å². The normalized spacial score (nSPS) is 16.9. The molecule has 2 aromatic carbocycles. The maximum atomic E-state index is 13.0. The molecule has 3 rings (SSSR count). The Balaban J connectivity index is 1.98. The minimum atomic E-state index is -3.90. The first kappa shape index (κ1) is 19.6. The Bertz CT molecular complexity index is 1040. The summed E-state index contributed by atoms with van der Waals surface area (Å²) in [5.41, 5.74) is 1.61. The van der Waals surface area contributed by atoms with Gasteiger partial charge in [-0.2, -0.15) is 0 Å². The van der Waals surface area contributed by atoms with Gasteiger partial charge in [-0.05, 0) is 74.2 Å². The van der Waals surface area contributed by atoms with Crippen molar-refractivity contribution in [3.63, 3.8) is 0 Å². The monoisotopic (exact) mass is 412 g/mol. The van der Waals surface area contributed by atoms with E-state index >= 15 is 0 Å². The molecule has 1 heterocycles. The number of rotatable bonds is 4. The smallest absolute Gasteiger partial charge is 0.262 e. The lowest BCUT2D eigenvalue weighted by atomic mass is 10.1. The second kappa shape index (κ2) is 7.12. The number of sulfonamides is 2. The summed E-state index contributed by atoms with van der Waals surface area (Å²) in [7, 11) is -7.28. The van der Waals surface area contributed by atoms with Crippen LogP contribution in [-0.2, 0) is 20.0 Å². The molecular weight excluding hydrogens is 391 g/mol. The number of nitrogens with one attached hydrogen (secondary N) is 1. The van der Waals surface area contributed by atoms with Gasteiger partial charge in [-0.1, -0.05) is 0 Å². The van der Waals surface area contributed by atoms with Gasteiger partial charge in [-0.3, -0.25) is 9.03 Å². The minimum Gasteiger partial charge on any atom is -0.280 e. The van der Waals surface area contributed by atoms with Crippen molar-refractivity contribution in [3.8, 4) is 0 Å². The van der Waals surface area contributed by atoms with Crippen LogP contribution in [0.5, 0.6) is 0 Å². The van der Waals surface area contributed by atoms with Gasteiger partial charge < -0.3 is 0 Å². The summed E-state index contributed by atoms with van der Waals surface area (Å²) in [5.74, 6) is -0.366. The van der Waals surface area contributed by atoms with E-state index in [2.05, 4.69) is 4.72 Å². The number of nitrogens with zero attached hydrogens (tertiary/aromatic N) is 1. The molecule has 1 saturated heterocycles. The first-order valence-electron chi connectivity index (χ1n) is 8.50. The molecule has 6 nitrogen and oxygen atoms in total. The highest BCUT2D eigenvalue weighted by molar-refractivity contribution is 7.93. The molecular formula is C18H21FN2O4S2. The number of hydrogen-bond donors (Lipinski definition) is 1. The Morgan fingerprint density at radius 2 is 1.63 bits per heavy atom. The van der Waals surface area contributed by atoms with E-state index < -0.39 is 25.9 Å². The molecule has 1 fully saturated rings. The Morgan fingerprint density at radius 1 is 1.04 bits per heavy atom. The maximum Gasteiger partial charge on any atom is 0.262 e. The molecule has 1 aliphatic rings. The van der Waals surface area contributed by atoms with E-state index in [1.807, 2.05) is 0 Å². The van der Waals surface area contributed by atoms with Crippen LogP contribution < -0.4 is 9.03 Å². The maximum absolute atomic E-state index is 13.0. The average molecular weight is 413 g/mol. The van der Waals surface area contributed by atoms with Crippen LogP contribution in [0.1, 0.15) is 24.0 Å². The van der Waals surface area contributed by atoms with Gasteiger partial charge in [0, 0.05) is 12.2 Å². The molecule has 27 heavy (non-hydrogen) atoms. The summed E-state index contributed by atoms with van der Waals surface area (Å²) in [6.07, 6.45) is 1.40. The van der Waals surface area contributed by atoms with Crippen molar-refractivity contribution in [2.24, 2.45) is 0 Å². The van der Waals surface area contributed by atoms with Crippen LogP contribution in [0.3, 0.4) is 0 Å². The molecule has 146 valence electrons. The Kier molecular flexibility index (Phi) is 5.18. The van der Waals surface area contributed by atoms with Gasteiger partial charge in [0.2, 0.25) is 10.0 Å². The molecule has 0 amide bonds. The van der Waals surface area contributed by atoms with Gasteiger partial charge in [0.25, 0.3) is 10.0 Å². The van der Waals surface area contributed by atoms with Gasteiger partial charge in [0.1, 0.15) is 5.82 Å². The van der Waals surface area contributed by atoms with E-state index in [1.165, 1.54) is 28.6 Å². The lowest BCUT2D eigenvalue weighted by Gasteiger charge is -2.29. The Morgan fingerprint density at radius 3 is 2.19 bits per heavy atom. The zero-order valence-electron chi connectivity index (χ0n) is 15.1. The SMILES string of the molecule is Cc1cc(N2CCCCS2(=O)=O)cc(C)c1S(=O)(=O)Nc1ccc(F)cc1. The Hall–Kier alpha value is -2.13. The summed E-state index contributed by atoms with van der Waals surface area (Å²) < 4.78 is 67.1. The zero-order valence-corrected chi connectivity index (χ0v) is 16.7. The van der Waals surface area contributed by atoms with Crippen molar-refractivity contribution in [2.45, 2.75) is 31.6 Å². The number of hydrogen-bond acceptors (Lipinski definition) is 4. The fourth-order valence-corrected chi connectivity index (χ4v) is 6.44. The number of aryl methyl sites for hydroxylation is 2. The third-order valence-electron chi connectivity index (χ3n) is 4.45. The standard InChI is InChI=1S/C18H21FN2O4S2/c1-13-11-17(21-9-3-4-10-26(21,22)23)12-14(2)18(13)27(24,25)20-16-7-5-15(19)6-8-16/h5-8,11-12,20H,3-4,9-10H2,1-2H3. The number of anilines is 2. The minimum absolute atomic E-state index is 0.0879. The molecule has 0 atom stereocenters. The van der Waals surface area contributed by atoms with E-state index in [9.17, 15) is 21.2 Å². The van der Waals surface area contributed by atoms with Crippen LogP contribution in [0.2, 0.25) is 0 Å². The fourth-order valence-electron chi connectivity index (χ4n) is 3.30. The van der Waals surface area contributed by atoms with E-state index in [1.54, 1.807) is 26.0 Å². The van der Waals surface area contributed by atoms with Gasteiger partial charge in [0.05, 0.1) is 16.3 Å². The van der Waals surface area contributed by atoms with Crippen LogP contribution >= 0.6 is 0 Å². The summed E-state index contributed by atoms with van der Waals surface area (Å²) in [6.45, 7) is 3.65. The van der Waals surface area contributed by atoms with Crippen molar-refractivity contribution >= 4 is 31.4 Å². The van der Waals surface area contributed by atoms with Crippen LogP contribution in [0.25, 0.3) is 0 Å². The van der Waals surface area contributed by atoms with Gasteiger partial charge in [0.15, 0.2) is 0 Å². The first-order chi connectivity index (χ1) is 12.6. The first-order valence-corrected chi connectivity index (χ1v) is 11.6. The van der Waals surface area contributed by atoms with Gasteiger partial charge >= 0.3 is 0 Å². The molecule has 1 N–H and O–H groups in total. The van der Waals surface area contributed by atoms with Crippen LogP contribution in [0, 0.1) is 19.7 Å². The van der Waals surface area contributed by atoms with Crippen molar-refractivity contribution in [1.29, 1.82) is 0 Å². The van der Waals surface area contributed by atoms with Crippen molar-refractivity contribution < 1.29 is 21.2 Å². The fraction of sp³-hybridized carbons (Fsp3) is 0.333. The second-order valence-corrected chi connectivity index (χ2v) is 10.2. The van der Waals surface area contributed by atoms with Gasteiger partial charge in [-0.15, -0.1) is 0 Å². The molecule has 0 spiro atoms. The van der Waals surface area contributed by atoms with Gasteiger partial charge in [-0.25, -0.2) is 21.2 Å².